The van der Waals surface area contributed by atoms with Gasteiger partial charge >= 0.3 is 5.97 Å². The summed E-state index contributed by atoms with van der Waals surface area (Å²) in [5.74, 6) is -0.314. The number of aryl methyl sites for hydroxylation is 1. The number of methoxy groups -OCH3 is 1. The van der Waals surface area contributed by atoms with Gasteiger partial charge in [0.2, 0.25) is 5.91 Å². The number of esters is 1. The molecule has 0 aromatic heterocycles. The third kappa shape index (κ3) is 3.50. The Balaban J connectivity index is 1.83. The Kier molecular flexibility index (Phi) is 4.61. The normalized spacial score (nSPS) is 18.1. The highest BCUT2D eigenvalue weighted by Gasteiger charge is 2.31. The van der Waals surface area contributed by atoms with Crippen LogP contribution in [0.1, 0.15) is 18.4 Å². The summed E-state index contributed by atoms with van der Waals surface area (Å²) in [6, 6.07) is 7.56. The van der Waals surface area contributed by atoms with Crippen molar-refractivity contribution >= 4 is 17.6 Å². The molecule has 2 N–H and O–H groups in total. The molecule has 1 saturated heterocycles. The molecule has 1 aliphatic rings. The third-order valence-corrected chi connectivity index (χ3v) is 3.65. The number of nitrogen functional groups attached to an aromatic ring is 1. The molecule has 0 bridgehead atoms. The summed E-state index contributed by atoms with van der Waals surface area (Å²) in [5, 5.41) is 0. The van der Waals surface area contributed by atoms with Crippen LogP contribution in [0.15, 0.2) is 24.3 Å². The van der Waals surface area contributed by atoms with Crippen molar-refractivity contribution in [2.75, 3.05) is 25.9 Å². The van der Waals surface area contributed by atoms with Gasteiger partial charge in [-0.1, -0.05) is 12.1 Å². The number of likely N-dealkylation sites (tertiary alicyclic amines) is 1. The average Bonchev–Trinajstić information content (AvgIpc) is 2.94. The van der Waals surface area contributed by atoms with Gasteiger partial charge in [0.25, 0.3) is 0 Å². The zero-order valence-electron chi connectivity index (χ0n) is 11.7. The van der Waals surface area contributed by atoms with Crippen molar-refractivity contribution in [1.82, 2.24) is 4.90 Å². The Morgan fingerprint density at radius 3 is 2.95 bits per heavy atom. The maximum atomic E-state index is 12.1. The first kappa shape index (κ1) is 14.4. The molecule has 1 unspecified atom stereocenters. The largest absolute Gasteiger partial charge is 0.469 e. The van der Waals surface area contributed by atoms with Crippen LogP contribution in [-0.2, 0) is 20.7 Å². The van der Waals surface area contributed by atoms with Crippen molar-refractivity contribution in [3.05, 3.63) is 29.8 Å². The van der Waals surface area contributed by atoms with E-state index in [1.54, 1.807) is 4.90 Å². The second kappa shape index (κ2) is 6.41. The maximum Gasteiger partial charge on any atom is 0.310 e. The predicted molar refractivity (Wildman–Crippen MR) is 75.9 cm³/mol. The van der Waals surface area contributed by atoms with Crippen molar-refractivity contribution < 1.29 is 14.3 Å². The van der Waals surface area contributed by atoms with Crippen LogP contribution in [0.4, 0.5) is 5.69 Å². The Hall–Kier alpha value is -2.04. The lowest BCUT2D eigenvalue weighted by molar-refractivity contribution is -0.145. The monoisotopic (exact) mass is 276 g/mol. The number of nitrogens with two attached hydrogens (primary N) is 1. The van der Waals surface area contributed by atoms with E-state index in [4.69, 9.17) is 10.5 Å². The van der Waals surface area contributed by atoms with E-state index in [1.807, 2.05) is 24.3 Å². The molecule has 1 amide bonds. The highest BCUT2D eigenvalue weighted by atomic mass is 16.5. The molecule has 1 fully saturated rings. The van der Waals surface area contributed by atoms with Gasteiger partial charge in [0.1, 0.15) is 0 Å². The Morgan fingerprint density at radius 2 is 2.25 bits per heavy atom. The van der Waals surface area contributed by atoms with Crippen LogP contribution in [-0.4, -0.2) is 37.0 Å². The van der Waals surface area contributed by atoms with E-state index in [-0.39, 0.29) is 17.8 Å². The molecule has 0 aliphatic carbocycles. The number of anilines is 1. The van der Waals surface area contributed by atoms with Crippen LogP contribution in [0.25, 0.3) is 0 Å². The van der Waals surface area contributed by atoms with E-state index in [0.717, 1.165) is 5.56 Å². The number of ether oxygens (including phenoxy) is 1. The summed E-state index contributed by atoms with van der Waals surface area (Å²) in [4.78, 5) is 25.3. The van der Waals surface area contributed by atoms with Crippen LogP contribution < -0.4 is 5.73 Å². The maximum absolute atomic E-state index is 12.1. The van der Waals surface area contributed by atoms with Crippen LogP contribution in [0.3, 0.4) is 0 Å². The zero-order chi connectivity index (χ0) is 14.5. The molecule has 1 heterocycles. The van der Waals surface area contributed by atoms with Gasteiger partial charge in [-0.15, -0.1) is 0 Å². The SMILES string of the molecule is COC(=O)C1CCN(C(=O)CCc2cccc(N)c2)C1. The molecule has 1 atom stereocenters. The van der Waals surface area contributed by atoms with E-state index in [2.05, 4.69) is 0 Å². The van der Waals surface area contributed by atoms with Crippen LogP contribution in [0.5, 0.6) is 0 Å². The van der Waals surface area contributed by atoms with Gasteiger partial charge in [0.05, 0.1) is 13.0 Å². The Labute approximate surface area is 118 Å². The van der Waals surface area contributed by atoms with Gasteiger partial charge in [-0.2, -0.15) is 0 Å². The summed E-state index contributed by atoms with van der Waals surface area (Å²) >= 11 is 0. The molecule has 2 rings (SSSR count). The fraction of sp³-hybridized carbons (Fsp3) is 0.467. The molecule has 5 nitrogen and oxygen atoms in total. The van der Waals surface area contributed by atoms with E-state index >= 15 is 0 Å². The lowest BCUT2D eigenvalue weighted by atomic mass is 10.1. The zero-order valence-corrected chi connectivity index (χ0v) is 11.7. The second-order valence-electron chi connectivity index (χ2n) is 5.09. The van der Waals surface area contributed by atoms with Crippen molar-refractivity contribution in [2.45, 2.75) is 19.3 Å². The van der Waals surface area contributed by atoms with Crippen molar-refractivity contribution in [2.24, 2.45) is 5.92 Å². The summed E-state index contributed by atoms with van der Waals surface area (Å²) in [5.41, 5.74) is 7.47. The first-order valence-corrected chi connectivity index (χ1v) is 6.80. The molecule has 0 spiro atoms. The number of amides is 1. The molecule has 0 saturated carbocycles. The predicted octanol–water partition coefficient (Wildman–Crippen LogP) is 1.22. The molecule has 0 radical (unpaired) electrons. The minimum absolute atomic E-state index is 0.0822. The number of hydrogen-bond acceptors (Lipinski definition) is 4. The summed E-state index contributed by atoms with van der Waals surface area (Å²) < 4.78 is 4.71. The van der Waals surface area contributed by atoms with Gasteiger partial charge in [-0.3, -0.25) is 9.59 Å². The van der Waals surface area contributed by atoms with E-state index in [9.17, 15) is 9.59 Å². The Bertz CT molecular complexity index is 502. The fourth-order valence-electron chi connectivity index (χ4n) is 2.50. The third-order valence-electron chi connectivity index (χ3n) is 3.65. The molecule has 1 aromatic carbocycles. The fourth-order valence-corrected chi connectivity index (χ4v) is 2.50. The lowest BCUT2D eigenvalue weighted by Crippen LogP contribution is -2.30. The molecular weight excluding hydrogens is 256 g/mol. The highest BCUT2D eigenvalue weighted by Crippen LogP contribution is 2.19. The van der Waals surface area contributed by atoms with Crippen LogP contribution in [0, 0.1) is 5.92 Å². The number of benzene rings is 1. The van der Waals surface area contributed by atoms with Gasteiger partial charge in [0, 0.05) is 25.2 Å². The molecule has 1 aromatic rings. The van der Waals surface area contributed by atoms with Crippen molar-refractivity contribution in [3.63, 3.8) is 0 Å². The molecule has 1 aliphatic heterocycles. The molecule has 20 heavy (non-hydrogen) atoms. The van der Waals surface area contributed by atoms with Crippen LogP contribution >= 0.6 is 0 Å². The quantitative estimate of drug-likeness (QED) is 0.663. The second-order valence-corrected chi connectivity index (χ2v) is 5.09. The van der Waals surface area contributed by atoms with Gasteiger partial charge in [-0.25, -0.2) is 0 Å². The van der Waals surface area contributed by atoms with Crippen molar-refractivity contribution in [1.29, 1.82) is 0 Å². The minimum Gasteiger partial charge on any atom is -0.469 e. The Morgan fingerprint density at radius 1 is 1.45 bits per heavy atom. The average molecular weight is 276 g/mol. The number of hydrogen-bond donors (Lipinski definition) is 1. The topological polar surface area (TPSA) is 72.6 Å². The number of nitrogens with zero attached hydrogens (tertiary/aromatic N) is 1. The highest BCUT2D eigenvalue weighted by molar-refractivity contribution is 5.79. The lowest BCUT2D eigenvalue weighted by Gasteiger charge is -2.16. The number of carbonyl (C=O) groups is 2. The molecule has 108 valence electrons. The van der Waals surface area contributed by atoms with Gasteiger partial charge in [-0.05, 0) is 30.5 Å². The first-order valence-electron chi connectivity index (χ1n) is 6.80. The van der Waals surface area contributed by atoms with Gasteiger partial charge < -0.3 is 15.4 Å². The number of rotatable bonds is 4. The standard InChI is InChI=1S/C15H20N2O3/c1-20-15(19)12-7-8-17(10-12)14(18)6-5-11-3-2-4-13(16)9-11/h2-4,9,12H,5-8,10,16H2,1H3. The smallest absolute Gasteiger partial charge is 0.310 e. The summed E-state index contributed by atoms with van der Waals surface area (Å²) in [6.45, 7) is 1.11. The summed E-state index contributed by atoms with van der Waals surface area (Å²) in [6.07, 6.45) is 1.80. The first-order chi connectivity index (χ1) is 9.60. The van der Waals surface area contributed by atoms with E-state index in [1.165, 1.54) is 7.11 Å². The summed E-state index contributed by atoms with van der Waals surface area (Å²) in [7, 11) is 1.38. The molecule has 5 heteroatoms. The minimum atomic E-state index is -0.226. The van der Waals surface area contributed by atoms with Gasteiger partial charge in [0.15, 0.2) is 0 Å². The van der Waals surface area contributed by atoms with Crippen LogP contribution in [0.2, 0.25) is 0 Å². The van der Waals surface area contributed by atoms with E-state index in [0.29, 0.717) is 38.0 Å². The van der Waals surface area contributed by atoms with Crippen molar-refractivity contribution in [3.8, 4) is 0 Å². The molecular formula is C15H20N2O3. The van der Waals surface area contributed by atoms with E-state index < -0.39 is 0 Å². The number of carbonyl (C=O) groups excluding carboxylic acids is 2.